The molecule has 0 aliphatic rings. The third-order valence-corrected chi connectivity index (χ3v) is 2.83. The van der Waals surface area contributed by atoms with Crippen LogP contribution < -0.4 is 4.78 Å². The second-order valence-corrected chi connectivity index (χ2v) is 3.75. The van der Waals surface area contributed by atoms with Crippen molar-refractivity contribution in [1.29, 1.82) is 0 Å². The molecule has 0 amide bonds. The van der Waals surface area contributed by atoms with Gasteiger partial charge in [-0.3, -0.25) is 0 Å². The smallest absolute Gasteiger partial charge is 0.423 e. The zero-order valence-corrected chi connectivity index (χ0v) is 7.61. The zero-order chi connectivity index (χ0) is 7.72. The summed E-state index contributed by atoms with van der Waals surface area (Å²) in [6, 6.07) is 0. The summed E-state index contributed by atoms with van der Waals surface area (Å²) in [5, 5.41) is 18.2. The molecule has 6 heteroatoms. The minimum Gasteiger partial charge on any atom is -0.423 e. The number of halogens is 1. The van der Waals surface area contributed by atoms with Gasteiger partial charge in [-0.15, -0.1) is 11.3 Å². The lowest BCUT2D eigenvalue weighted by Gasteiger charge is -1.90. The van der Waals surface area contributed by atoms with Crippen LogP contribution >= 0.6 is 27.3 Å². The van der Waals surface area contributed by atoms with Gasteiger partial charge in [0, 0.05) is 0 Å². The molecule has 0 saturated carbocycles. The first-order chi connectivity index (χ1) is 4.61. The topological polar surface area (TPSA) is 53.4 Å². The minimum absolute atomic E-state index is 0.456. The Morgan fingerprint density at radius 2 is 2.20 bits per heavy atom. The highest BCUT2D eigenvalue weighted by Gasteiger charge is 2.18. The van der Waals surface area contributed by atoms with Crippen molar-refractivity contribution in [2.24, 2.45) is 0 Å². The fourth-order valence-electron chi connectivity index (χ4n) is 0.577. The molecule has 2 N–H and O–H groups in total. The Hall–Kier alpha value is 0.0949. The molecule has 0 atom stereocenters. The number of hydrogen-bond acceptors (Lipinski definition) is 4. The Morgan fingerprint density at radius 3 is 2.40 bits per heavy atom. The average Bonchev–Trinajstić information content (AvgIpc) is 2.10. The first kappa shape index (κ1) is 8.19. The molecular weight excluding hydrogens is 217 g/mol. The van der Waals surface area contributed by atoms with E-state index < -0.39 is 7.12 Å². The van der Waals surface area contributed by atoms with Crippen molar-refractivity contribution >= 4 is 39.2 Å². The maximum absolute atomic E-state index is 8.71. The van der Waals surface area contributed by atoms with Gasteiger partial charge in [0.1, 0.15) is 4.60 Å². The lowest BCUT2D eigenvalue weighted by atomic mass is 9.91. The molecule has 0 aromatic carbocycles. The molecule has 1 aromatic rings. The number of aromatic nitrogens is 1. The molecular formula is C4H5BBrNO2S. The van der Waals surface area contributed by atoms with Crippen molar-refractivity contribution in [3.63, 3.8) is 0 Å². The Morgan fingerprint density at radius 1 is 1.60 bits per heavy atom. The van der Waals surface area contributed by atoms with Crippen molar-refractivity contribution in [2.75, 3.05) is 0 Å². The van der Waals surface area contributed by atoms with Crippen molar-refractivity contribution in [3.8, 4) is 0 Å². The van der Waals surface area contributed by atoms with E-state index in [2.05, 4.69) is 20.9 Å². The van der Waals surface area contributed by atoms with Crippen molar-refractivity contribution in [2.45, 2.75) is 6.92 Å². The molecule has 0 radical (unpaired) electrons. The first-order valence-corrected chi connectivity index (χ1v) is 4.21. The van der Waals surface area contributed by atoms with Crippen LogP contribution in [0, 0.1) is 6.92 Å². The van der Waals surface area contributed by atoms with E-state index in [0.717, 1.165) is 5.01 Å². The summed E-state index contributed by atoms with van der Waals surface area (Å²) >= 11 is 4.36. The van der Waals surface area contributed by atoms with Gasteiger partial charge in [-0.05, 0) is 22.9 Å². The summed E-state index contributed by atoms with van der Waals surface area (Å²) in [7, 11) is -1.42. The summed E-state index contributed by atoms with van der Waals surface area (Å²) < 4.78 is 0.975. The summed E-state index contributed by atoms with van der Waals surface area (Å²) in [6.45, 7) is 1.81. The number of nitrogens with zero attached hydrogens (tertiary/aromatic N) is 1. The van der Waals surface area contributed by atoms with E-state index in [1.165, 1.54) is 11.3 Å². The molecule has 54 valence electrons. The minimum atomic E-state index is -1.42. The molecule has 0 spiro atoms. The van der Waals surface area contributed by atoms with Gasteiger partial charge >= 0.3 is 7.12 Å². The highest BCUT2D eigenvalue weighted by molar-refractivity contribution is 9.10. The third kappa shape index (κ3) is 1.57. The van der Waals surface area contributed by atoms with Gasteiger partial charge in [-0.1, -0.05) is 0 Å². The standard InChI is InChI=1S/C4H5BBrNO2S/c1-2-7-4(6)3(10-2)5(8)9/h8-9H,1H3. The SMILES string of the molecule is Cc1nc(Br)c(B(O)O)s1. The van der Waals surface area contributed by atoms with E-state index in [9.17, 15) is 0 Å². The summed E-state index contributed by atoms with van der Waals surface area (Å²) in [5.41, 5.74) is 0. The van der Waals surface area contributed by atoms with Crippen molar-refractivity contribution in [1.82, 2.24) is 4.98 Å². The van der Waals surface area contributed by atoms with Gasteiger partial charge in [0.05, 0.1) is 9.78 Å². The van der Waals surface area contributed by atoms with E-state index in [1.807, 2.05) is 0 Å². The van der Waals surface area contributed by atoms with Gasteiger partial charge in [0.2, 0.25) is 0 Å². The Balaban J connectivity index is 3.03. The van der Waals surface area contributed by atoms with E-state index >= 15 is 0 Å². The highest BCUT2D eigenvalue weighted by atomic mass is 79.9. The average molecular weight is 222 g/mol. The summed E-state index contributed by atoms with van der Waals surface area (Å²) in [5.74, 6) is 0. The lowest BCUT2D eigenvalue weighted by Crippen LogP contribution is -2.27. The fraction of sp³-hybridized carbons (Fsp3) is 0.250. The van der Waals surface area contributed by atoms with Crippen LogP contribution in [0.5, 0.6) is 0 Å². The van der Waals surface area contributed by atoms with Gasteiger partial charge in [0.25, 0.3) is 0 Å². The molecule has 0 aliphatic heterocycles. The molecule has 0 bridgehead atoms. The molecule has 0 aliphatic carbocycles. The highest BCUT2D eigenvalue weighted by Crippen LogP contribution is 2.11. The van der Waals surface area contributed by atoms with Gasteiger partial charge in [-0.2, -0.15) is 0 Å². The molecule has 0 fully saturated rings. The quantitative estimate of drug-likeness (QED) is 0.652. The summed E-state index contributed by atoms with van der Waals surface area (Å²) in [6.07, 6.45) is 0. The maximum atomic E-state index is 8.71. The third-order valence-electron chi connectivity index (χ3n) is 0.951. The van der Waals surface area contributed by atoms with Crippen LogP contribution in [0.3, 0.4) is 0 Å². The predicted molar refractivity (Wildman–Crippen MR) is 44.4 cm³/mol. The van der Waals surface area contributed by atoms with Gasteiger partial charge < -0.3 is 10.0 Å². The van der Waals surface area contributed by atoms with E-state index in [-0.39, 0.29) is 0 Å². The molecule has 1 aromatic heterocycles. The Kier molecular flexibility index (Phi) is 2.46. The molecule has 1 heterocycles. The number of rotatable bonds is 1. The first-order valence-electron chi connectivity index (χ1n) is 2.60. The predicted octanol–water partition coefficient (Wildman–Crippen LogP) is -0.106. The largest absolute Gasteiger partial charge is 0.501 e. The molecule has 10 heavy (non-hydrogen) atoms. The Labute approximate surface area is 71.0 Å². The molecule has 0 unspecified atom stereocenters. The van der Waals surface area contributed by atoms with Crippen LogP contribution in [-0.4, -0.2) is 22.2 Å². The monoisotopic (exact) mass is 221 g/mol. The van der Waals surface area contributed by atoms with Crippen molar-refractivity contribution in [3.05, 3.63) is 9.61 Å². The van der Waals surface area contributed by atoms with Crippen LogP contribution in [0.25, 0.3) is 0 Å². The van der Waals surface area contributed by atoms with Crippen LogP contribution in [0.4, 0.5) is 0 Å². The zero-order valence-electron chi connectivity index (χ0n) is 5.21. The number of hydrogen-bond donors (Lipinski definition) is 2. The number of thiazole rings is 1. The second kappa shape index (κ2) is 3.00. The Bertz CT molecular complexity index is 239. The van der Waals surface area contributed by atoms with Crippen LogP contribution in [0.1, 0.15) is 5.01 Å². The van der Waals surface area contributed by atoms with E-state index in [1.54, 1.807) is 6.92 Å². The number of aryl methyl sites for hydroxylation is 1. The lowest BCUT2D eigenvalue weighted by molar-refractivity contribution is 0.426. The van der Waals surface area contributed by atoms with Crippen LogP contribution in [0.15, 0.2) is 4.60 Å². The van der Waals surface area contributed by atoms with Crippen LogP contribution in [0.2, 0.25) is 0 Å². The maximum Gasteiger partial charge on any atom is 0.501 e. The van der Waals surface area contributed by atoms with E-state index in [0.29, 0.717) is 9.38 Å². The molecule has 3 nitrogen and oxygen atoms in total. The molecule has 1 rings (SSSR count). The second-order valence-electron chi connectivity index (χ2n) is 1.76. The van der Waals surface area contributed by atoms with Gasteiger partial charge in [0.15, 0.2) is 0 Å². The van der Waals surface area contributed by atoms with Crippen LogP contribution in [-0.2, 0) is 0 Å². The fourth-order valence-corrected chi connectivity index (χ4v) is 2.10. The normalized spacial score (nSPS) is 10.0. The van der Waals surface area contributed by atoms with E-state index in [4.69, 9.17) is 10.0 Å². The van der Waals surface area contributed by atoms with Gasteiger partial charge in [-0.25, -0.2) is 4.98 Å². The summed E-state index contributed by atoms with van der Waals surface area (Å²) in [4.78, 5) is 3.95. The van der Waals surface area contributed by atoms with Crippen molar-refractivity contribution < 1.29 is 10.0 Å². The molecule has 0 saturated heterocycles.